The van der Waals surface area contributed by atoms with E-state index in [1.165, 1.54) is 32.0 Å². The second kappa shape index (κ2) is 50.0. The van der Waals surface area contributed by atoms with Crippen LogP contribution in [0.25, 0.3) is 33.3 Å². The number of ketones is 3. The summed E-state index contributed by atoms with van der Waals surface area (Å²) in [7, 11) is 3.06. The van der Waals surface area contributed by atoms with Crippen LogP contribution in [-0.4, -0.2) is 296 Å². The lowest BCUT2D eigenvalue weighted by Crippen LogP contribution is -2.58. The van der Waals surface area contributed by atoms with Gasteiger partial charge in [0, 0.05) is 101 Å². The molecular formula is C90H129N11O23. The molecule has 1 aromatic carbocycles. The lowest BCUT2D eigenvalue weighted by molar-refractivity contribution is -0.245. The minimum Gasteiger partial charge on any atom is -0.459 e. The normalized spacial score (nSPS) is 26.1. The number of anilines is 1. The van der Waals surface area contributed by atoms with E-state index >= 15 is 0 Å². The Morgan fingerprint density at radius 2 is 1.41 bits per heavy atom. The summed E-state index contributed by atoms with van der Waals surface area (Å²) in [6, 6.07) is 8.10. The van der Waals surface area contributed by atoms with E-state index in [1.54, 1.807) is 27.2 Å². The summed E-state index contributed by atoms with van der Waals surface area (Å²) in [5, 5.41) is 43.6. The Kier molecular flexibility index (Phi) is 39.3. The number of Topliss-reactive ketones (excluding diaryl/α,β-unsaturated/α-hetero) is 3. The highest BCUT2D eigenvalue weighted by Gasteiger charge is 2.50. The highest BCUT2D eigenvalue weighted by molar-refractivity contribution is 6.39. The number of ether oxygens (including phenoxy) is 13. The highest BCUT2D eigenvalue weighted by atomic mass is 16.6. The third-order valence-electron chi connectivity index (χ3n) is 23.5. The third-order valence-corrected chi connectivity index (χ3v) is 23.5. The first-order valence-corrected chi connectivity index (χ1v) is 43.7. The van der Waals surface area contributed by atoms with Crippen LogP contribution >= 0.6 is 0 Å². The van der Waals surface area contributed by atoms with Gasteiger partial charge in [0.2, 0.25) is 11.7 Å². The van der Waals surface area contributed by atoms with Gasteiger partial charge in [-0.2, -0.15) is 5.10 Å². The Hall–Kier alpha value is -8.69. The predicted molar refractivity (Wildman–Crippen MR) is 458 cm³/mol. The number of piperidine rings is 1. The van der Waals surface area contributed by atoms with E-state index in [0.29, 0.717) is 186 Å². The molecule has 0 unspecified atom stereocenters. The fourth-order valence-electron chi connectivity index (χ4n) is 16.5. The molecule has 5 aliphatic rings. The number of methoxy groups -OCH3 is 2. The average molecular weight is 1730 g/mol. The predicted octanol–water partition coefficient (Wildman–Crippen LogP) is 7.13. The Bertz CT molecular complexity index is 4400. The van der Waals surface area contributed by atoms with Crippen LogP contribution in [-0.2, 0) is 110 Å². The summed E-state index contributed by atoms with van der Waals surface area (Å²) in [5.74, 6) is -8.06. The van der Waals surface area contributed by atoms with Gasteiger partial charge in [-0.1, -0.05) is 75.4 Å². The van der Waals surface area contributed by atoms with E-state index in [0.717, 1.165) is 44.6 Å². The number of hydrogen-bond donors (Lipinski definition) is 7. The number of aliphatic hydroxyl groups excluding tert-OH is 2. The van der Waals surface area contributed by atoms with Crippen molar-refractivity contribution < 1.29 is 110 Å². The number of amides is 3. The van der Waals surface area contributed by atoms with Gasteiger partial charge in [-0.05, 0) is 136 Å². The van der Waals surface area contributed by atoms with Crippen LogP contribution in [0.3, 0.4) is 0 Å². The molecule has 10 rings (SSSR count). The molecule has 124 heavy (non-hydrogen) atoms. The number of aromatic nitrogens is 6. The molecule has 1 aliphatic carbocycles. The topological polar surface area (TPSA) is 443 Å². The first-order chi connectivity index (χ1) is 59.9. The number of pyridine rings is 1. The van der Waals surface area contributed by atoms with E-state index in [4.69, 9.17) is 78.1 Å². The summed E-state index contributed by atoms with van der Waals surface area (Å²) in [4.78, 5) is 117. The van der Waals surface area contributed by atoms with Crippen molar-refractivity contribution in [2.24, 2.45) is 29.4 Å². The van der Waals surface area contributed by atoms with Gasteiger partial charge >= 0.3 is 12.1 Å². The van der Waals surface area contributed by atoms with Crippen molar-refractivity contribution in [3.8, 4) is 11.3 Å². The number of allylic oxidation sites excluding steroid dienone is 6. The van der Waals surface area contributed by atoms with Gasteiger partial charge in [0.05, 0.1) is 142 Å². The quantitative estimate of drug-likeness (QED) is 0.00907. The number of hydrogen-bond acceptors (Lipinski definition) is 29. The van der Waals surface area contributed by atoms with Crippen LogP contribution in [0.4, 0.5) is 10.6 Å². The number of nitrogens with two attached hydrogens (primary N) is 2. The maximum Gasteiger partial charge on any atom is 0.407 e. The lowest BCUT2D eigenvalue weighted by atomic mass is 9.80. The number of carbonyl (C=O) groups excluding carboxylic acids is 7. The molecule has 682 valence electrons. The molecule has 4 aromatic heterocycles. The van der Waals surface area contributed by atoms with Gasteiger partial charge in [0.25, 0.3) is 11.7 Å². The zero-order valence-electron chi connectivity index (χ0n) is 72.8. The van der Waals surface area contributed by atoms with Crippen LogP contribution in [0, 0.1) is 23.7 Å². The van der Waals surface area contributed by atoms with Crippen molar-refractivity contribution in [2.75, 3.05) is 145 Å². The number of carbonyl (C=O) groups is 7. The number of fused-ring (bicyclic) bond motifs is 6. The molecule has 5 aromatic rings. The molecule has 3 fully saturated rings. The van der Waals surface area contributed by atoms with E-state index in [1.807, 2.05) is 72.1 Å². The smallest absolute Gasteiger partial charge is 0.407 e. The summed E-state index contributed by atoms with van der Waals surface area (Å²) >= 11 is 0. The number of H-pyrrole nitrogens is 1. The molecule has 34 nitrogen and oxygen atoms in total. The molecular weight excluding hydrogens is 1600 g/mol. The standard InChI is InChI=1S/C90H129N11O23/c1-58-14-9-8-10-15-59(2)74(112-6)52-69-16-13-25-90(111,124-69)83(107)87(108)100-28-12-11-17-71(100)88(109)122-75(53-72(102)60(3)47-62(5)81(105)82(106)80(104)61(4)46-58)70(91)49-63-19-21-73(76(50-63)113-7)123-89(110)94-27-31-115-33-35-117-37-39-119-41-43-121-45-44-120-42-40-118-38-36-116-34-32-114-30-24-77(103)99-29-23-65-48-64(18-20-67(65)56-99)55-101-86-78(84(92)96-57-97-86)79(98-101)68-51-66-22-26-93-85(66)95-54-68/h8-10,14-15,18,20,22,26,47-48,51,54,57-58,60-61,63,69-71,73-76,81-82,105-106,111H,11-13,16-17,19,21,23-25,27-46,49-50,52-53,55-56,91H2,1-7H3,(H,93,95)(H,94,110)(H2,92,96,97)/b10-8?,14-9+,59-15?,62-47+/t58-,60-,61-,63+,69+,70-,71+,73-,74+,75+,76-,81-,82+,90-/m1/s1. The van der Waals surface area contributed by atoms with Crippen LogP contribution in [0.1, 0.15) is 141 Å². The molecule has 4 aliphatic heterocycles. The van der Waals surface area contributed by atoms with Crippen molar-refractivity contribution in [1.82, 2.24) is 44.8 Å². The SMILES string of the molecule is CO[C@H]1C[C@@H]2CCC[C@@](O)(O2)C(=O)C(=O)N2CCCC[C@H]2C(=O)O[C@H]([C@H](N)C[C@@H]2CC[C@@H](OC(=O)NCCOCCOCCOCCOCCOCCOCCOCCOCCC(=O)N3CCc4cc(Cn5nc(-c6cnc7[nH]ccc7c6)c6c(N)ncnc65)ccc4C3)[C@H](OC)C2)CC(=O)[C@H](C)/C=C(\C)[C@@H](O)[C@@H](O)C(=O)[C@H](C)C[C@H](C)/C=C/C=CC=C1C. The Morgan fingerprint density at radius 1 is 0.726 bits per heavy atom. The van der Waals surface area contributed by atoms with E-state index < -0.39 is 114 Å². The molecule has 0 radical (unpaired) electrons. The zero-order valence-corrected chi connectivity index (χ0v) is 72.8. The van der Waals surface area contributed by atoms with Crippen molar-refractivity contribution in [3.63, 3.8) is 0 Å². The summed E-state index contributed by atoms with van der Waals surface area (Å²) in [6.45, 7) is 16.2. The van der Waals surface area contributed by atoms with E-state index in [-0.39, 0.29) is 81.7 Å². The van der Waals surface area contributed by atoms with Gasteiger partial charge in [-0.3, -0.25) is 24.0 Å². The van der Waals surface area contributed by atoms with Gasteiger partial charge in [0.15, 0.2) is 11.4 Å². The largest absolute Gasteiger partial charge is 0.459 e. The van der Waals surface area contributed by atoms with Crippen LogP contribution in [0.5, 0.6) is 0 Å². The minimum absolute atomic E-state index is 0.00401. The Morgan fingerprint density at radius 3 is 2.10 bits per heavy atom. The average Bonchev–Trinajstić information content (AvgIpc) is 1.57. The molecule has 9 N–H and O–H groups in total. The van der Waals surface area contributed by atoms with Crippen molar-refractivity contribution in [1.29, 1.82) is 0 Å². The Labute approximate surface area is 725 Å². The molecule has 2 saturated heterocycles. The van der Waals surface area contributed by atoms with E-state index in [2.05, 4.69) is 43.5 Å². The number of aliphatic hydroxyl groups is 3. The molecule has 1 saturated carbocycles. The molecule has 14 atom stereocenters. The van der Waals surface area contributed by atoms with Crippen LogP contribution in [0.2, 0.25) is 0 Å². The summed E-state index contributed by atoms with van der Waals surface area (Å²) in [5.41, 5.74) is 20.7. The summed E-state index contributed by atoms with van der Waals surface area (Å²) < 4.78 is 76.7. The Balaban J connectivity index is 0.545. The number of alkyl carbamates (subject to hydrolysis) is 1. The van der Waals surface area contributed by atoms with Crippen molar-refractivity contribution >= 4 is 69.1 Å². The number of nitrogens with zero attached hydrogens (tertiary/aromatic N) is 7. The number of rotatable bonds is 36. The maximum absolute atomic E-state index is 14.6. The fraction of sp³-hybridized carbons (Fsp3) is 0.633. The molecule has 2 bridgehead atoms. The number of nitrogen functional groups attached to an aromatic ring is 1. The number of cyclic esters (lactones) is 1. The molecule has 8 heterocycles. The van der Waals surface area contributed by atoms with Crippen LogP contribution < -0.4 is 16.8 Å². The monoisotopic (exact) mass is 1730 g/mol. The number of aromatic amines is 1. The molecule has 0 spiro atoms. The minimum atomic E-state index is -2.47. The third kappa shape index (κ3) is 28.9. The highest BCUT2D eigenvalue weighted by Crippen LogP contribution is 2.37. The number of benzene rings is 1. The van der Waals surface area contributed by atoms with Crippen LogP contribution in [0.15, 0.2) is 96.7 Å². The van der Waals surface area contributed by atoms with Gasteiger partial charge in [0.1, 0.15) is 59.7 Å². The van der Waals surface area contributed by atoms with E-state index in [9.17, 15) is 48.9 Å². The first kappa shape index (κ1) is 97.5. The first-order valence-electron chi connectivity index (χ1n) is 43.7. The zero-order chi connectivity index (χ0) is 88.5. The maximum atomic E-state index is 14.6. The second-order valence-corrected chi connectivity index (χ2v) is 32.8. The van der Waals surface area contributed by atoms with Crippen molar-refractivity contribution in [3.05, 3.63) is 113 Å². The van der Waals surface area contributed by atoms with Gasteiger partial charge < -0.3 is 108 Å². The lowest BCUT2D eigenvalue weighted by Gasteiger charge is -2.40. The summed E-state index contributed by atoms with van der Waals surface area (Å²) in [6.07, 6.45) is 12.8. The van der Waals surface area contributed by atoms with Gasteiger partial charge in [-0.25, -0.2) is 29.2 Å². The fourth-order valence-corrected chi connectivity index (χ4v) is 16.5. The molecule has 3 amide bonds. The van der Waals surface area contributed by atoms with Crippen molar-refractivity contribution in [2.45, 2.75) is 205 Å². The van der Waals surface area contributed by atoms with Gasteiger partial charge in [-0.15, -0.1) is 0 Å². The number of esters is 1. The second-order valence-electron chi connectivity index (χ2n) is 32.8. The number of nitrogens with one attached hydrogen (secondary N) is 2. The molecule has 34 heteroatoms.